The maximum absolute atomic E-state index is 9.91. The van der Waals surface area contributed by atoms with Gasteiger partial charge in [-0.05, 0) is 37.0 Å². The summed E-state index contributed by atoms with van der Waals surface area (Å²) in [6.07, 6.45) is 0.261. The molecule has 0 radical (unpaired) electrons. The van der Waals surface area contributed by atoms with Gasteiger partial charge in [0.2, 0.25) is 0 Å². The van der Waals surface area contributed by atoms with Gasteiger partial charge in [-0.25, -0.2) is 0 Å². The highest BCUT2D eigenvalue weighted by Gasteiger charge is 2.35. The van der Waals surface area contributed by atoms with Crippen molar-refractivity contribution in [3.8, 4) is 0 Å². The van der Waals surface area contributed by atoms with Gasteiger partial charge in [0.1, 0.15) is 6.10 Å². The molecule has 0 heterocycles. The summed E-state index contributed by atoms with van der Waals surface area (Å²) in [6, 6.07) is 4.88. The molecule has 4 heteroatoms. The zero-order valence-corrected chi connectivity index (χ0v) is 9.54. The molecule has 2 nitrogen and oxygen atoms in total. The van der Waals surface area contributed by atoms with Crippen LogP contribution in [0.25, 0.3) is 0 Å². The molecular weight excluding hydrogens is 235 g/mol. The first kappa shape index (κ1) is 11.2. The highest BCUT2D eigenvalue weighted by molar-refractivity contribution is 6.33. The van der Waals surface area contributed by atoms with Crippen molar-refractivity contribution in [2.24, 2.45) is 5.92 Å². The van der Waals surface area contributed by atoms with Gasteiger partial charge in [0.05, 0.1) is 6.10 Å². The van der Waals surface area contributed by atoms with E-state index in [0.717, 1.165) is 12.8 Å². The van der Waals surface area contributed by atoms with Crippen LogP contribution < -0.4 is 0 Å². The van der Waals surface area contributed by atoms with E-state index >= 15 is 0 Å². The van der Waals surface area contributed by atoms with E-state index < -0.39 is 12.2 Å². The average molecular weight is 247 g/mol. The van der Waals surface area contributed by atoms with Crippen LogP contribution in [0, 0.1) is 5.92 Å². The van der Waals surface area contributed by atoms with Crippen LogP contribution in [-0.2, 0) is 0 Å². The van der Waals surface area contributed by atoms with E-state index in [2.05, 4.69) is 0 Å². The van der Waals surface area contributed by atoms with Crippen LogP contribution in [0.15, 0.2) is 18.2 Å². The molecule has 1 fully saturated rings. The van der Waals surface area contributed by atoms with E-state index in [1.54, 1.807) is 18.2 Å². The van der Waals surface area contributed by atoms with Crippen molar-refractivity contribution in [2.45, 2.75) is 25.0 Å². The molecule has 0 amide bonds. The lowest BCUT2D eigenvalue weighted by Gasteiger charge is -2.18. The summed E-state index contributed by atoms with van der Waals surface area (Å²) in [4.78, 5) is 0. The SMILES string of the molecule is OC(c1cc(Cl)ccc1Cl)C(O)C1CC1. The molecule has 1 aliphatic carbocycles. The number of aliphatic hydroxyl groups is 2. The number of halogens is 2. The highest BCUT2D eigenvalue weighted by atomic mass is 35.5. The summed E-state index contributed by atoms with van der Waals surface area (Å²) in [6.45, 7) is 0. The smallest absolute Gasteiger partial charge is 0.107 e. The fourth-order valence-corrected chi connectivity index (χ4v) is 2.03. The minimum Gasteiger partial charge on any atom is -0.390 e. The van der Waals surface area contributed by atoms with Gasteiger partial charge >= 0.3 is 0 Å². The largest absolute Gasteiger partial charge is 0.390 e. The maximum Gasteiger partial charge on any atom is 0.107 e. The second kappa shape index (κ2) is 4.30. The van der Waals surface area contributed by atoms with Crippen LogP contribution in [0.5, 0.6) is 0 Å². The topological polar surface area (TPSA) is 40.5 Å². The molecular formula is C11H12Cl2O2. The summed E-state index contributed by atoms with van der Waals surface area (Å²) in [7, 11) is 0. The van der Waals surface area contributed by atoms with E-state index in [1.807, 2.05) is 0 Å². The third kappa shape index (κ3) is 2.45. The first-order valence-corrected chi connectivity index (χ1v) is 5.66. The second-order valence-corrected chi connectivity index (χ2v) is 4.78. The van der Waals surface area contributed by atoms with Crippen LogP contribution in [0.2, 0.25) is 10.0 Å². The van der Waals surface area contributed by atoms with Gasteiger partial charge in [-0.1, -0.05) is 23.2 Å². The van der Waals surface area contributed by atoms with Gasteiger partial charge in [-0.2, -0.15) is 0 Å². The molecule has 1 aromatic rings. The molecule has 2 unspecified atom stereocenters. The van der Waals surface area contributed by atoms with Crippen LogP contribution >= 0.6 is 23.2 Å². The van der Waals surface area contributed by atoms with Gasteiger partial charge in [0.25, 0.3) is 0 Å². The Labute approximate surface area is 98.4 Å². The molecule has 0 aromatic heterocycles. The maximum atomic E-state index is 9.91. The predicted molar refractivity (Wildman–Crippen MR) is 60.2 cm³/mol. The standard InChI is InChI=1S/C11H12Cl2O2/c12-7-3-4-9(13)8(5-7)11(15)10(14)6-1-2-6/h3-6,10-11,14-15H,1-2H2. The molecule has 82 valence electrons. The molecule has 15 heavy (non-hydrogen) atoms. The van der Waals surface area contributed by atoms with Crippen LogP contribution in [-0.4, -0.2) is 16.3 Å². The van der Waals surface area contributed by atoms with Crippen molar-refractivity contribution in [2.75, 3.05) is 0 Å². The van der Waals surface area contributed by atoms with E-state index in [0.29, 0.717) is 15.6 Å². The zero-order chi connectivity index (χ0) is 11.0. The molecule has 2 N–H and O–H groups in total. The molecule has 0 spiro atoms. The second-order valence-electron chi connectivity index (χ2n) is 3.94. The molecule has 1 aromatic carbocycles. The number of hydrogen-bond donors (Lipinski definition) is 2. The Morgan fingerprint density at radius 1 is 1.20 bits per heavy atom. The number of hydrogen-bond acceptors (Lipinski definition) is 2. The number of aliphatic hydroxyl groups excluding tert-OH is 2. The summed E-state index contributed by atoms with van der Waals surface area (Å²) >= 11 is 11.7. The minimum atomic E-state index is -0.941. The first-order valence-electron chi connectivity index (χ1n) is 4.90. The van der Waals surface area contributed by atoms with Crippen molar-refractivity contribution in [1.29, 1.82) is 0 Å². The van der Waals surface area contributed by atoms with E-state index in [1.165, 1.54) is 0 Å². The zero-order valence-electron chi connectivity index (χ0n) is 8.03. The van der Waals surface area contributed by atoms with E-state index in [4.69, 9.17) is 23.2 Å². The lowest BCUT2D eigenvalue weighted by Crippen LogP contribution is -2.20. The fraction of sp³-hybridized carbons (Fsp3) is 0.455. The Hall–Kier alpha value is -0.280. The first-order chi connectivity index (χ1) is 7.09. The Kier molecular flexibility index (Phi) is 3.21. The van der Waals surface area contributed by atoms with Crippen LogP contribution in [0.4, 0.5) is 0 Å². The van der Waals surface area contributed by atoms with Gasteiger partial charge in [0, 0.05) is 15.6 Å². The monoisotopic (exact) mass is 246 g/mol. The average Bonchev–Trinajstić information content (AvgIpc) is 3.03. The van der Waals surface area contributed by atoms with Crippen molar-refractivity contribution < 1.29 is 10.2 Å². The fourth-order valence-electron chi connectivity index (χ4n) is 1.62. The molecule has 2 atom stereocenters. The van der Waals surface area contributed by atoms with Crippen molar-refractivity contribution in [3.63, 3.8) is 0 Å². The lowest BCUT2D eigenvalue weighted by molar-refractivity contribution is 0.00491. The summed E-state index contributed by atoms with van der Waals surface area (Å²) in [5.41, 5.74) is 0.503. The summed E-state index contributed by atoms with van der Waals surface area (Å²) in [5, 5.41) is 20.6. The Bertz CT molecular complexity index is 364. The number of rotatable bonds is 3. The predicted octanol–water partition coefficient (Wildman–Crippen LogP) is 2.80. The van der Waals surface area contributed by atoms with Crippen molar-refractivity contribution in [3.05, 3.63) is 33.8 Å². The minimum absolute atomic E-state index is 0.204. The van der Waals surface area contributed by atoms with Crippen molar-refractivity contribution >= 4 is 23.2 Å². The molecule has 0 saturated heterocycles. The van der Waals surface area contributed by atoms with E-state index in [9.17, 15) is 10.2 Å². The number of benzene rings is 1. The Morgan fingerprint density at radius 2 is 1.87 bits per heavy atom. The van der Waals surface area contributed by atoms with Gasteiger partial charge in [-0.3, -0.25) is 0 Å². The molecule has 0 bridgehead atoms. The van der Waals surface area contributed by atoms with Crippen molar-refractivity contribution in [1.82, 2.24) is 0 Å². The van der Waals surface area contributed by atoms with Crippen LogP contribution in [0.1, 0.15) is 24.5 Å². The van der Waals surface area contributed by atoms with Gasteiger partial charge < -0.3 is 10.2 Å². The highest BCUT2D eigenvalue weighted by Crippen LogP contribution is 2.39. The summed E-state index contributed by atoms with van der Waals surface area (Å²) < 4.78 is 0. The van der Waals surface area contributed by atoms with Gasteiger partial charge in [-0.15, -0.1) is 0 Å². The lowest BCUT2D eigenvalue weighted by atomic mass is 10.0. The molecule has 1 aliphatic rings. The van der Waals surface area contributed by atoms with E-state index in [-0.39, 0.29) is 5.92 Å². The quantitative estimate of drug-likeness (QED) is 0.862. The third-order valence-electron chi connectivity index (χ3n) is 2.71. The normalized spacial score (nSPS) is 20.0. The van der Waals surface area contributed by atoms with Crippen LogP contribution in [0.3, 0.4) is 0 Å². The Morgan fingerprint density at radius 3 is 2.47 bits per heavy atom. The summed E-state index contributed by atoms with van der Waals surface area (Å²) in [5.74, 6) is 0.204. The molecule has 1 saturated carbocycles. The van der Waals surface area contributed by atoms with Gasteiger partial charge in [0.15, 0.2) is 0 Å². The molecule has 2 rings (SSSR count). The third-order valence-corrected chi connectivity index (χ3v) is 3.28. The Balaban J connectivity index is 2.23. The molecule has 0 aliphatic heterocycles.